The molecule has 0 heterocycles. The van der Waals surface area contributed by atoms with Gasteiger partial charge in [0.05, 0.1) is 19.8 Å². The second kappa shape index (κ2) is 44.1. The summed E-state index contributed by atoms with van der Waals surface area (Å²) in [7, 11) is -4.27. The predicted octanol–water partition coefficient (Wildman–Crippen LogP) is 14.0. The highest BCUT2D eigenvalue weighted by molar-refractivity contribution is 7.47. The van der Waals surface area contributed by atoms with Crippen LogP contribution in [0.2, 0.25) is 0 Å². The number of rotatable bonds is 45. The number of unbranched alkanes of at least 4 members (excludes halogenated alkanes) is 28. The van der Waals surface area contributed by atoms with E-state index >= 15 is 0 Å². The van der Waals surface area contributed by atoms with Crippen LogP contribution in [0.5, 0.6) is 0 Å². The molecule has 0 spiro atoms. The Morgan fingerprint density at radius 3 is 1.40 bits per heavy atom. The molecule has 0 fully saturated rings. The van der Waals surface area contributed by atoms with Crippen molar-refractivity contribution in [3.8, 4) is 0 Å². The highest BCUT2D eigenvalue weighted by atomic mass is 31.2. The van der Waals surface area contributed by atoms with E-state index < -0.39 is 13.9 Å². The lowest BCUT2D eigenvalue weighted by Crippen LogP contribution is -2.28. The first-order valence-electron chi connectivity index (χ1n) is 23.3. The normalized spacial score (nSPS) is 13.6. The molecule has 0 saturated carbocycles. The molecule has 0 rings (SSSR count). The molecule has 0 aromatic heterocycles. The van der Waals surface area contributed by atoms with E-state index in [1.54, 1.807) is 0 Å². The fraction of sp³-hybridized carbons (Fsp3) is 0.891. The van der Waals surface area contributed by atoms with Gasteiger partial charge in [-0.1, -0.05) is 186 Å². The summed E-state index contributed by atoms with van der Waals surface area (Å²) >= 11 is 0. The van der Waals surface area contributed by atoms with Crippen LogP contribution in [-0.4, -0.2) is 49.9 Å². The summed E-state index contributed by atoms with van der Waals surface area (Å²) in [5, 5.41) is 0. The largest absolute Gasteiger partial charge is 0.472 e. The lowest BCUT2D eigenvalue weighted by atomic mass is 10.0. The number of esters is 1. The molecule has 2 atom stereocenters. The van der Waals surface area contributed by atoms with E-state index in [-0.39, 0.29) is 32.3 Å². The van der Waals surface area contributed by atoms with E-state index in [1.807, 2.05) is 0 Å². The van der Waals surface area contributed by atoms with E-state index in [2.05, 4.69) is 38.2 Å². The third kappa shape index (κ3) is 43.9. The number of phosphoric ester groups is 1. The number of allylic oxidation sites excluding steroid dienone is 4. The number of phosphoric acid groups is 1. The van der Waals surface area contributed by atoms with E-state index in [4.69, 9.17) is 24.3 Å². The van der Waals surface area contributed by atoms with Gasteiger partial charge in [0.15, 0.2) is 0 Å². The molecular weight excluding hydrogens is 709 g/mol. The fourth-order valence-electron chi connectivity index (χ4n) is 6.64. The van der Waals surface area contributed by atoms with E-state index in [1.165, 1.54) is 154 Å². The third-order valence-corrected chi connectivity index (χ3v) is 11.1. The van der Waals surface area contributed by atoms with Gasteiger partial charge in [-0.25, -0.2) is 4.57 Å². The van der Waals surface area contributed by atoms with Crippen molar-refractivity contribution in [2.45, 2.75) is 232 Å². The molecule has 3 N–H and O–H groups in total. The van der Waals surface area contributed by atoms with Crippen molar-refractivity contribution in [1.82, 2.24) is 0 Å². The van der Waals surface area contributed by atoms with Gasteiger partial charge in [-0.15, -0.1) is 0 Å². The van der Waals surface area contributed by atoms with Gasteiger partial charge in [-0.2, -0.15) is 0 Å². The molecule has 0 aromatic carbocycles. The maximum Gasteiger partial charge on any atom is 0.472 e. The summed E-state index contributed by atoms with van der Waals surface area (Å²) in [6, 6.07) is 0. The average molecular weight is 800 g/mol. The van der Waals surface area contributed by atoms with Gasteiger partial charge in [0, 0.05) is 19.6 Å². The first-order chi connectivity index (χ1) is 26.9. The summed E-state index contributed by atoms with van der Waals surface area (Å²) in [5.74, 6) is -0.339. The van der Waals surface area contributed by atoms with Crippen molar-refractivity contribution in [2.24, 2.45) is 5.73 Å². The zero-order chi connectivity index (χ0) is 40.2. The minimum absolute atomic E-state index is 0.0954. The maximum atomic E-state index is 12.5. The smallest absolute Gasteiger partial charge is 0.457 e. The number of ether oxygens (including phenoxy) is 2. The second-order valence-corrected chi connectivity index (χ2v) is 17.1. The quantitative estimate of drug-likeness (QED) is 0.0271. The first kappa shape index (κ1) is 54.0. The Bertz CT molecular complexity index is 900. The number of nitrogens with two attached hydrogens (primary N) is 1. The molecule has 0 aliphatic heterocycles. The molecule has 55 heavy (non-hydrogen) atoms. The van der Waals surface area contributed by atoms with Crippen LogP contribution in [0.15, 0.2) is 24.3 Å². The van der Waals surface area contributed by atoms with Crippen LogP contribution < -0.4 is 5.73 Å². The molecule has 2 unspecified atom stereocenters. The van der Waals surface area contributed by atoms with Crippen molar-refractivity contribution < 1.29 is 32.8 Å². The van der Waals surface area contributed by atoms with Gasteiger partial charge in [0.2, 0.25) is 0 Å². The second-order valence-electron chi connectivity index (χ2n) is 15.6. The standard InChI is InChI=1S/C46H90NO7P/c1-3-5-7-9-11-13-15-16-17-18-19-20-21-22-23-24-25-26-27-28-29-30-32-34-36-38-41-51-43-45(44-53-55(49,50)52-42-40-47)54-46(48)39-37-35-33-31-14-12-10-8-6-4-2/h8,10,18-19,45H,3-7,9,11-17,20-44,47H2,1-2H3,(H,49,50)/b10-8-,19-18-. The zero-order valence-electron chi connectivity index (χ0n) is 36.2. The van der Waals surface area contributed by atoms with Crippen LogP contribution in [0.3, 0.4) is 0 Å². The van der Waals surface area contributed by atoms with Crippen molar-refractivity contribution in [3.05, 3.63) is 24.3 Å². The number of hydrogen-bond donors (Lipinski definition) is 2. The zero-order valence-corrected chi connectivity index (χ0v) is 37.1. The summed E-state index contributed by atoms with van der Waals surface area (Å²) in [6.45, 7) is 4.88. The lowest BCUT2D eigenvalue weighted by Gasteiger charge is -2.20. The summed E-state index contributed by atoms with van der Waals surface area (Å²) < 4.78 is 33.4. The van der Waals surface area contributed by atoms with Gasteiger partial charge in [-0.3, -0.25) is 13.8 Å². The van der Waals surface area contributed by atoms with Crippen LogP contribution in [0, 0.1) is 0 Å². The van der Waals surface area contributed by atoms with Crippen LogP contribution in [0.4, 0.5) is 0 Å². The molecule has 9 heteroatoms. The Morgan fingerprint density at radius 1 is 0.527 bits per heavy atom. The molecule has 0 amide bonds. The topological polar surface area (TPSA) is 117 Å². The van der Waals surface area contributed by atoms with Crippen molar-refractivity contribution in [1.29, 1.82) is 0 Å². The van der Waals surface area contributed by atoms with Crippen LogP contribution in [0.25, 0.3) is 0 Å². The molecule has 0 bridgehead atoms. The lowest BCUT2D eigenvalue weighted by molar-refractivity contribution is -0.154. The van der Waals surface area contributed by atoms with Crippen LogP contribution in [0.1, 0.15) is 226 Å². The van der Waals surface area contributed by atoms with Gasteiger partial charge in [0.1, 0.15) is 6.10 Å². The molecule has 326 valence electrons. The van der Waals surface area contributed by atoms with Gasteiger partial charge in [-0.05, 0) is 57.8 Å². The number of carbonyl (C=O) groups is 1. The Hall–Kier alpha value is -1.02. The number of carbonyl (C=O) groups excluding carboxylic acids is 1. The maximum absolute atomic E-state index is 12.5. The number of hydrogen-bond acceptors (Lipinski definition) is 7. The molecule has 0 saturated heterocycles. The Morgan fingerprint density at radius 2 is 0.945 bits per heavy atom. The molecular formula is C46H90NO7P. The van der Waals surface area contributed by atoms with Gasteiger partial charge in [0.25, 0.3) is 0 Å². The highest BCUT2D eigenvalue weighted by Gasteiger charge is 2.25. The summed E-state index contributed by atoms with van der Waals surface area (Å²) in [6.07, 6.45) is 49.4. The predicted molar refractivity (Wildman–Crippen MR) is 233 cm³/mol. The fourth-order valence-corrected chi connectivity index (χ4v) is 7.41. The van der Waals surface area contributed by atoms with Crippen LogP contribution >= 0.6 is 7.82 Å². The molecule has 0 aliphatic carbocycles. The van der Waals surface area contributed by atoms with Crippen molar-refractivity contribution in [2.75, 3.05) is 33.0 Å². The monoisotopic (exact) mass is 800 g/mol. The Kier molecular flexibility index (Phi) is 43.3. The van der Waals surface area contributed by atoms with Crippen molar-refractivity contribution >= 4 is 13.8 Å². The molecule has 8 nitrogen and oxygen atoms in total. The van der Waals surface area contributed by atoms with Crippen LogP contribution in [-0.2, 0) is 27.9 Å². The minimum Gasteiger partial charge on any atom is -0.457 e. The van der Waals surface area contributed by atoms with Crippen molar-refractivity contribution in [3.63, 3.8) is 0 Å². The van der Waals surface area contributed by atoms with E-state index in [9.17, 15) is 14.3 Å². The molecule has 0 aliphatic rings. The van der Waals surface area contributed by atoms with E-state index in [0.717, 1.165) is 51.4 Å². The summed E-state index contributed by atoms with van der Waals surface area (Å²) in [4.78, 5) is 22.4. The molecule has 0 radical (unpaired) electrons. The molecule has 0 aromatic rings. The highest BCUT2D eigenvalue weighted by Crippen LogP contribution is 2.43. The average Bonchev–Trinajstić information content (AvgIpc) is 3.17. The minimum atomic E-state index is -4.27. The van der Waals surface area contributed by atoms with Gasteiger partial charge >= 0.3 is 13.8 Å². The SMILES string of the molecule is CCC/C=C\CCCCCCCC(=O)OC(COCCCCCCCCCCCCCCCC/C=C\CCCCCCCCCC)COP(=O)(O)OCCN. The Labute approximate surface area is 340 Å². The summed E-state index contributed by atoms with van der Waals surface area (Å²) in [5.41, 5.74) is 5.36. The Balaban J connectivity index is 3.81. The first-order valence-corrected chi connectivity index (χ1v) is 24.8. The van der Waals surface area contributed by atoms with E-state index in [0.29, 0.717) is 13.0 Å². The third-order valence-electron chi connectivity index (χ3n) is 10.1. The van der Waals surface area contributed by atoms with Gasteiger partial charge < -0.3 is 20.1 Å².